The molecule has 4 rings (SSSR count). The molecule has 9 nitrogen and oxygen atoms in total. The lowest BCUT2D eigenvalue weighted by Crippen LogP contribution is -2.51. The molecule has 4 amide bonds. The number of nitrogens with one attached hydrogen (secondary N) is 2. The molecular weight excluding hydrogens is 441 g/mol. The van der Waals surface area contributed by atoms with Gasteiger partial charge in [0.2, 0.25) is 0 Å². The number of urea groups is 1. The van der Waals surface area contributed by atoms with Crippen LogP contribution in [0, 0.1) is 11.0 Å². The van der Waals surface area contributed by atoms with Crippen LogP contribution in [0.2, 0.25) is 0 Å². The minimum absolute atomic E-state index is 0.227. The van der Waals surface area contributed by atoms with E-state index < -0.39 is 11.7 Å². The highest BCUT2D eigenvalue weighted by Gasteiger charge is 2.25. The fourth-order valence-corrected chi connectivity index (χ4v) is 3.55. The molecule has 0 aliphatic carbocycles. The Labute approximate surface area is 195 Å². The number of anilines is 2. The number of benzene rings is 2. The van der Waals surface area contributed by atoms with Crippen LogP contribution in [0.5, 0.6) is 0 Å². The molecule has 0 unspecified atom stereocenters. The molecule has 2 aromatic carbocycles. The first-order valence-electron chi connectivity index (χ1n) is 10.6. The molecule has 174 valence electrons. The predicted molar refractivity (Wildman–Crippen MR) is 123 cm³/mol. The molecule has 2 heterocycles. The lowest BCUT2D eigenvalue weighted by atomic mass is 10.2. The third-order valence-electron chi connectivity index (χ3n) is 5.36. The summed E-state index contributed by atoms with van der Waals surface area (Å²) in [5, 5.41) is 16.8. The standard InChI is InChI=1S/C24H22FN5O4/c25-19-5-1-3-17(15-19)23(32)28-11-13-29(14-12-28)24(33)27-21-8-6-20(7-9-21)26-22(31)18-4-2-10-30(34)16-18/h1-10,15-16H,11-14H2,(H,26,31)(H,27,33). The van der Waals surface area contributed by atoms with Gasteiger partial charge in [0.25, 0.3) is 11.8 Å². The second-order valence-corrected chi connectivity index (χ2v) is 7.70. The van der Waals surface area contributed by atoms with Crippen LogP contribution in [-0.4, -0.2) is 53.8 Å². The number of aromatic nitrogens is 1. The van der Waals surface area contributed by atoms with Crippen molar-refractivity contribution in [2.75, 3.05) is 36.8 Å². The van der Waals surface area contributed by atoms with Crippen LogP contribution in [0.3, 0.4) is 0 Å². The molecular formula is C24H22FN5O4. The van der Waals surface area contributed by atoms with Crippen LogP contribution < -0.4 is 15.4 Å². The average Bonchev–Trinajstić information content (AvgIpc) is 2.85. The molecule has 0 bridgehead atoms. The van der Waals surface area contributed by atoms with E-state index in [1.165, 1.54) is 42.7 Å². The number of pyridine rings is 1. The zero-order valence-electron chi connectivity index (χ0n) is 18.1. The molecule has 0 radical (unpaired) electrons. The maximum atomic E-state index is 13.4. The quantitative estimate of drug-likeness (QED) is 0.458. The van der Waals surface area contributed by atoms with Gasteiger partial charge in [0.15, 0.2) is 12.4 Å². The Hall–Kier alpha value is -4.47. The number of rotatable bonds is 4. The number of amides is 4. The summed E-state index contributed by atoms with van der Waals surface area (Å²) >= 11 is 0. The summed E-state index contributed by atoms with van der Waals surface area (Å²) < 4.78 is 13.9. The SMILES string of the molecule is O=C(Nc1ccc(NC(=O)N2CCN(C(=O)c3cccc(F)c3)CC2)cc1)c1ccc[n+]([O-])c1. The first kappa shape index (κ1) is 22.7. The highest BCUT2D eigenvalue weighted by molar-refractivity contribution is 6.04. The summed E-state index contributed by atoms with van der Waals surface area (Å²) in [5.74, 6) is -1.16. The average molecular weight is 463 g/mol. The van der Waals surface area contributed by atoms with Gasteiger partial charge >= 0.3 is 6.03 Å². The van der Waals surface area contributed by atoms with E-state index in [9.17, 15) is 24.0 Å². The van der Waals surface area contributed by atoms with Crippen LogP contribution >= 0.6 is 0 Å². The molecule has 1 aliphatic heterocycles. The number of halogens is 1. The second-order valence-electron chi connectivity index (χ2n) is 7.70. The van der Waals surface area contributed by atoms with E-state index in [0.29, 0.717) is 42.3 Å². The smallest absolute Gasteiger partial charge is 0.321 e. The van der Waals surface area contributed by atoms with Crippen molar-refractivity contribution in [1.29, 1.82) is 0 Å². The monoisotopic (exact) mass is 463 g/mol. The van der Waals surface area contributed by atoms with Gasteiger partial charge in [0.1, 0.15) is 11.4 Å². The Morgan fingerprint density at radius 3 is 2.09 bits per heavy atom. The van der Waals surface area contributed by atoms with Crippen molar-refractivity contribution in [1.82, 2.24) is 9.80 Å². The van der Waals surface area contributed by atoms with Crippen molar-refractivity contribution in [3.63, 3.8) is 0 Å². The zero-order chi connectivity index (χ0) is 24.1. The summed E-state index contributed by atoms with van der Waals surface area (Å²) in [7, 11) is 0. The van der Waals surface area contributed by atoms with E-state index in [1.54, 1.807) is 40.1 Å². The lowest BCUT2D eigenvalue weighted by Gasteiger charge is -2.34. The van der Waals surface area contributed by atoms with E-state index in [-0.39, 0.29) is 23.1 Å². The first-order valence-corrected chi connectivity index (χ1v) is 10.6. The van der Waals surface area contributed by atoms with Crippen LogP contribution in [0.25, 0.3) is 0 Å². The number of piperazine rings is 1. The number of hydrogen-bond donors (Lipinski definition) is 2. The van der Waals surface area contributed by atoms with Gasteiger partial charge in [0, 0.05) is 49.2 Å². The lowest BCUT2D eigenvalue weighted by molar-refractivity contribution is -0.605. The van der Waals surface area contributed by atoms with Crippen molar-refractivity contribution >= 4 is 29.2 Å². The van der Waals surface area contributed by atoms with Gasteiger partial charge in [-0.1, -0.05) is 6.07 Å². The topological polar surface area (TPSA) is 109 Å². The van der Waals surface area contributed by atoms with Crippen LogP contribution in [0.15, 0.2) is 73.1 Å². The predicted octanol–water partition coefficient (Wildman–Crippen LogP) is 2.70. The van der Waals surface area contributed by atoms with E-state index in [2.05, 4.69) is 10.6 Å². The van der Waals surface area contributed by atoms with Crippen molar-refractivity contribution in [2.24, 2.45) is 0 Å². The highest BCUT2D eigenvalue weighted by Crippen LogP contribution is 2.16. The molecule has 10 heteroatoms. The molecule has 1 saturated heterocycles. The van der Waals surface area contributed by atoms with E-state index in [1.807, 2.05) is 0 Å². The van der Waals surface area contributed by atoms with E-state index >= 15 is 0 Å². The third kappa shape index (κ3) is 5.47. The largest absolute Gasteiger partial charge is 0.619 e. The first-order chi connectivity index (χ1) is 16.4. The molecule has 1 fully saturated rings. The molecule has 0 spiro atoms. The molecule has 1 aromatic heterocycles. The number of nitrogens with zero attached hydrogens (tertiary/aromatic N) is 3. The Bertz CT molecular complexity index is 1210. The molecule has 3 aromatic rings. The third-order valence-corrected chi connectivity index (χ3v) is 5.36. The molecule has 2 N–H and O–H groups in total. The molecule has 1 aliphatic rings. The summed E-state index contributed by atoms with van der Waals surface area (Å²) in [6, 6.07) is 14.8. The van der Waals surface area contributed by atoms with Crippen molar-refractivity contribution in [3.05, 3.63) is 95.2 Å². The maximum absolute atomic E-state index is 13.4. The minimum atomic E-state index is -0.467. The maximum Gasteiger partial charge on any atom is 0.321 e. The Kier molecular flexibility index (Phi) is 6.67. The van der Waals surface area contributed by atoms with Crippen molar-refractivity contribution in [2.45, 2.75) is 0 Å². The highest BCUT2D eigenvalue weighted by atomic mass is 19.1. The van der Waals surface area contributed by atoms with Crippen LogP contribution in [-0.2, 0) is 0 Å². The Balaban J connectivity index is 1.28. The Morgan fingerprint density at radius 2 is 1.44 bits per heavy atom. The summed E-state index contributed by atoms with van der Waals surface area (Å²) in [6.45, 7) is 1.38. The van der Waals surface area contributed by atoms with Gasteiger partial charge < -0.3 is 25.6 Å². The van der Waals surface area contributed by atoms with Gasteiger partial charge in [-0.3, -0.25) is 9.59 Å². The number of hydrogen-bond acceptors (Lipinski definition) is 4. The fourth-order valence-electron chi connectivity index (χ4n) is 3.55. The zero-order valence-corrected chi connectivity index (χ0v) is 18.1. The van der Waals surface area contributed by atoms with Gasteiger partial charge in [0.05, 0.1) is 0 Å². The van der Waals surface area contributed by atoms with Crippen LogP contribution in [0.1, 0.15) is 20.7 Å². The van der Waals surface area contributed by atoms with Gasteiger partial charge in [-0.15, -0.1) is 0 Å². The van der Waals surface area contributed by atoms with Gasteiger partial charge in [-0.25, -0.2) is 9.18 Å². The minimum Gasteiger partial charge on any atom is -0.619 e. The number of carbonyl (C=O) groups is 3. The van der Waals surface area contributed by atoms with Gasteiger partial charge in [-0.05, 0) is 48.5 Å². The van der Waals surface area contributed by atoms with Crippen molar-refractivity contribution in [3.8, 4) is 0 Å². The number of carbonyl (C=O) groups excluding carboxylic acids is 3. The molecule has 0 atom stereocenters. The van der Waals surface area contributed by atoms with Crippen LogP contribution in [0.4, 0.5) is 20.6 Å². The summed E-state index contributed by atoms with van der Waals surface area (Å²) in [6.07, 6.45) is 2.46. The van der Waals surface area contributed by atoms with E-state index in [0.717, 1.165) is 0 Å². The second kappa shape index (κ2) is 9.99. The normalized spacial score (nSPS) is 13.3. The van der Waals surface area contributed by atoms with Gasteiger partial charge in [-0.2, -0.15) is 4.73 Å². The molecule has 0 saturated carbocycles. The van der Waals surface area contributed by atoms with Crippen molar-refractivity contribution < 1.29 is 23.5 Å². The fraction of sp³-hybridized carbons (Fsp3) is 0.167. The Morgan fingerprint density at radius 1 is 0.824 bits per heavy atom. The van der Waals surface area contributed by atoms with E-state index in [4.69, 9.17) is 0 Å². The summed E-state index contributed by atoms with van der Waals surface area (Å²) in [4.78, 5) is 40.5. The summed E-state index contributed by atoms with van der Waals surface area (Å²) in [5.41, 5.74) is 1.56. The molecule has 34 heavy (non-hydrogen) atoms.